The Morgan fingerprint density at radius 3 is 2.43 bits per heavy atom. The van der Waals surface area contributed by atoms with Gasteiger partial charge >= 0.3 is 0 Å². The number of hydrogen-bond acceptors (Lipinski definition) is 5. The molecule has 2 aliphatic rings. The van der Waals surface area contributed by atoms with Gasteiger partial charge in [0.2, 0.25) is 5.91 Å². The number of nitrogens with zero attached hydrogens (tertiary/aromatic N) is 3. The molecule has 2 aromatic rings. The molecule has 1 N–H and O–H groups in total. The molecule has 0 spiro atoms. The van der Waals surface area contributed by atoms with Crippen LogP contribution in [0, 0.1) is 0 Å². The summed E-state index contributed by atoms with van der Waals surface area (Å²) in [5, 5.41) is 3.03. The molecule has 2 amide bonds. The van der Waals surface area contributed by atoms with Crippen LogP contribution in [0.2, 0.25) is 0 Å². The number of amides is 2. The van der Waals surface area contributed by atoms with Gasteiger partial charge in [-0.1, -0.05) is 50.3 Å². The molecule has 0 unspecified atom stereocenters. The fourth-order valence-electron chi connectivity index (χ4n) is 4.98. The molecule has 0 radical (unpaired) electrons. The minimum atomic E-state index is -0.127. The summed E-state index contributed by atoms with van der Waals surface area (Å²) in [5.41, 5.74) is 1.59. The molecule has 1 saturated carbocycles. The number of rotatable bonds is 8. The van der Waals surface area contributed by atoms with Crippen LogP contribution < -0.4 is 10.2 Å². The summed E-state index contributed by atoms with van der Waals surface area (Å²) in [6.07, 6.45) is 12.8. The van der Waals surface area contributed by atoms with Crippen molar-refractivity contribution in [2.24, 2.45) is 0 Å². The molecule has 7 heteroatoms. The quantitative estimate of drug-likeness (QED) is 0.506. The van der Waals surface area contributed by atoms with Crippen LogP contribution in [-0.2, 0) is 11.3 Å². The Bertz CT molecular complexity index is 967. The van der Waals surface area contributed by atoms with E-state index < -0.39 is 0 Å². The maximum atomic E-state index is 13.0. The van der Waals surface area contributed by atoms with Crippen molar-refractivity contribution in [2.75, 3.05) is 30.8 Å². The number of thioether (sulfide) groups is 1. The molecule has 0 atom stereocenters. The van der Waals surface area contributed by atoms with Gasteiger partial charge in [-0.05, 0) is 49.4 Å². The molecule has 188 valence electrons. The van der Waals surface area contributed by atoms with E-state index in [-0.39, 0.29) is 11.8 Å². The van der Waals surface area contributed by atoms with Crippen molar-refractivity contribution in [1.29, 1.82) is 0 Å². The van der Waals surface area contributed by atoms with E-state index >= 15 is 0 Å². The van der Waals surface area contributed by atoms with Crippen LogP contribution in [0.4, 0.5) is 5.82 Å². The average Bonchev–Trinajstić information content (AvgIpc) is 3.20. The van der Waals surface area contributed by atoms with E-state index in [0.717, 1.165) is 42.2 Å². The zero-order chi connectivity index (χ0) is 24.5. The molecule has 1 aliphatic heterocycles. The molecular formula is C28H38N4O2S. The van der Waals surface area contributed by atoms with Gasteiger partial charge in [-0.15, -0.1) is 11.8 Å². The standard InChI is InChI=1S/C28H38N4O2S/c1-31(23-11-5-4-6-12-23)27(33)21-35-25-14-8-7-13-24(25)28(34)30-20-22-15-16-26(29-19-22)32-17-9-2-3-10-18-32/h7-8,13-16,19,23H,2-6,9-12,17-18,20-21H2,1H3,(H,30,34). The topological polar surface area (TPSA) is 65.5 Å². The number of hydrogen-bond donors (Lipinski definition) is 1. The molecule has 1 aromatic heterocycles. The van der Waals surface area contributed by atoms with Crippen molar-refractivity contribution >= 4 is 29.4 Å². The first-order valence-electron chi connectivity index (χ1n) is 13.1. The Kier molecular flexibility index (Phi) is 9.46. The van der Waals surface area contributed by atoms with E-state index in [1.807, 2.05) is 48.5 Å². The van der Waals surface area contributed by atoms with Crippen LogP contribution in [-0.4, -0.2) is 53.6 Å². The number of nitrogens with one attached hydrogen (secondary N) is 1. The summed E-state index contributed by atoms with van der Waals surface area (Å²) >= 11 is 1.45. The Hall–Kier alpha value is -2.54. The number of anilines is 1. The normalized spacial score (nSPS) is 17.0. The van der Waals surface area contributed by atoms with E-state index in [1.165, 1.54) is 56.7 Å². The third-order valence-corrected chi connectivity index (χ3v) is 8.25. The van der Waals surface area contributed by atoms with Crippen molar-refractivity contribution in [3.63, 3.8) is 0 Å². The summed E-state index contributed by atoms with van der Waals surface area (Å²) in [6, 6.07) is 12.0. The number of benzene rings is 1. The highest BCUT2D eigenvalue weighted by Crippen LogP contribution is 2.26. The summed E-state index contributed by atoms with van der Waals surface area (Å²) in [6.45, 7) is 2.56. The molecule has 1 aromatic carbocycles. The fraction of sp³-hybridized carbons (Fsp3) is 0.536. The zero-order valence-corrected chi connectivity index (χ0v) is 21.7. The SMILES string of the molecule is CN(C(=O)CSc1ccccc1C(=O)NCc1ccc(N2CCCCCC2)nc1)C1CCCCC1. The lowest BCUT2D eigenvalue weighted by Crippen LogP contribution is -2.39. The minimum absolute atomic E-state index is 0.127. The Balaban J connectivity index is 1.30. The van der Waals surface area contributed by atoms with E-state index in [4.69, 9.17) is 0 Å². The fourth-order valence-corrected chi connectivity index (χ4v) is 5.95. The monoisotopic (exact) mass is 494 g/mol. The third kappa shape index (κ3) is 7.23. The van der Waals surface area contributed by atoms with Gasteiger partial charge in [-0.3, -0.25) is 9.59 Å². The summed E-state index contributed by atoms with van der Waals surface area (Å²) in [5.74, 6) is 1.37. The van der Waals surface area contributed by atoms with Gasteiger partial charge in [-0.25, -0.2) is 4.98 Å². The lowest BCUT2D eigenvalue weighted by atomic mass is 9.94. The molecule has 1 aliphatic carbocycles. The summed E-state index contributed by atoms with van der Waals surface area (Å²) in [7, 11) is 1.92. The molecule has 35 heavy (non-hydrogen) atoms. The summed E-state index contributed by atoms with van der Waals surface area (Å²) in [4.78, 5) is 35.5. The van der Waals surface area contributed by atoms with E-state index in [2.05, 4.69) is 21.3 Å². The second-order valence-electron chi connectivity index (χ2n) is 9.69. The maximum absolute atomic E-state index is 13.0. The van der Waals surface area contributed by atoms with Crippen LogP contribution in [0.25, 0.3) is 0 Å². The third-order valence-electron chi connectivity index (χ3n) is 7.19. The largest absolute Gasteiger partial charge is 0.357 e. The molecule has 4 rings (SSSR count). The summed E-state index contributed by atoms with van der Waals surface area (Å²) < 4.78 is 0. The molecule has 2 fully saturated rings. The van der Waals surface area contributed by atoms with Gasteiger partial charge in [0.1, 0.15) is 5.82 Å². The maximum Gasteiger partial charge on any atom is 0.252 e. The first-order valence-corrected chi connectivity index (χ1v) is 14.1. The van der Waals surface area contributed by atoms with E-state index in [1.54, 1.807) is 0 Å². The number of aromatic nitrogens is 1. The molecule has 0 bridgehead atoms. The molecule has 6 nitrogen and oxygen atoms in total. The van der Waals surface area contributed by atoms with Crippen LogP contribution in [0.1, 0.15) is 73.7 Å². The van der Waals surface area contributed by atoms with Gasteiger partial charge < -0.3 is 15.1 Å². The highest BCUT2D eigenvalue weighted by Gasteiger charge is 2.22. The van der Waals surface area contributed by atoms with E-state index in [9.17, 15) is 9.59 Å². The number of pyridine rings is 1. The average molecular weight is 495 g/mol. The first-order chi connectivity index (χ1) is 17.1. The van der Waals surface area contributed by atoms with Crippen molar-refractivity contribution in [2.45, 2.75) is 75.3 Å². The predicted octanol–water partition coefficient (Wildman–Crippen LogP) is 5.28. The van der Waals surface area contributed by atoms with Crippen LogP contribution in [0.5, 0.6) is 0 Å². The van der Waals surface area contributed by atoms with Crippen molar-refractivity contribution in [3.8, 4) is 0 Å². The van der Waals surface area contributed by atoms with Crippen LogP contribution >= 0.6 is 11.8 Å². The van der Waals surface area contributed by atoms with Gasteiger partial charge in [-0.2, -0.15) is 0 Å². The molecular weight excluding hydrogens is 456 g/mol. The lowest BCUT2D eigenvalue weighted by Gasteiger charge is -2.31. The predicted molar refractivity (Wildman–Crippen MR) is 143 cm³/mol. The highest BCUT2D eigenvalue weighted by molar-refractivity contribution is 8.00. The van der Waals surface area contributed by atoms with Crippen LogP contribution in [0.15, 0.2) is 47.5 Å². The van der Waals surface area contributed by atoms with Gasteiger partial charge in [0.15, 0.2) is 0 Å². The van der Waals surface area contributed by atoms with Gasteiger partial charge in [0.05, 0.1) is 11.3 Å². The van der Waals surface area contributed by atoms with E-state index in [0.29, 0.717) is 23.9 Å². The van der Waals surface area contributed by atoms with Crippen molar-refractivity contribution in [1.82, 2.24) is 15.2 Å². The Morgan fingerprint density at radius 2 is 1.71 bits per heavy atom. The molecule has 1 saturated heterocycles. The second-order valence-corrected chi connectivity index (χ2v) is 10.7. The second kappa shape index (κ2) is 13.0. The van der Waals surface area contributed by atoms with Crippen molar-refractivity contribution < 1.29 is 9.59 Å². The smallest absolute Gasteiger partial charge is 0.252 e. The van der Waals surface area contributed by atoms with Crippen molar-refractivity contribution in [3.05, 3.63) is 53.7 Å². The lowest BCUT2D eigenvalue weighted by molar-refractivity contribution is -0.129. The van der Waals surface area contributed by atoms with Gasteiger partial charge in [0, 0.05) is 43.8 Å². The first kappa shape index (κ1) is 25.5. The zero-order valence-electron chi connectivity index (χ0n) is 20.9. The van der Waals surface area contributed by atoms with Crippen LogP contribution in [0.3, 0.4) is 0 Å². The minimum Gasteiger partial charge on any atom is -0.357 e. The number of carbonyl (C=O) groups excluding carboxylic acids is 2. The Labute approximate surface area is 213 Å². The molecule has 2 heterocycles. The highest BCUT2D eigenvalue weighted by atomic mass is 32.2. The number of carbonyl (C=O) groups is 2. The van der Waals surface area contributed by atoms with Gasteiger partial charge in [0.25, 0.3) is 5.91 Å². The Morgan fingerprint density at radius 1 is 1.00 bits per heavy atom.